The van der Waals surface area contributed by atoms with Crippen molar-refractivity contribution in [1.82, 2.24) is 4.90 Å². The topological polar surface area (TPSA) is 55.6 Å². The molecule has 1 amide bonds. The number of rotatable bonds is 6. The molecule has 6 heteroatoms. The molecule has 4 nitrogen and oxygen atoms in total. The van der Waals surface area contributed by atoms with Gasteiger partial charge in [0, 0.05) is 24.7 Å². The van der Waals surface area contributed by atoms with Gasteiger partial charge >= 0.3 is 0 Å². The van der Waals surface area contributed by atoms with Crippen LogP contribution in [-0.4, -0.2) is 23.9 Å². The highest BCUT2D eigenvalue weighted by molar-refractivity contribution is 6.31. The Kier molecular flexibility index (Phi) is 5.02. The molecule has 24 heavy (non-hydrogen) atoms. The van der Waals surface area contributed by atoms with Gasteiger partial charge < -0.3 is 10.5 Å². The summed E-state index contributed by atoms with van der Waals surface area (Å²) in [7, 11) is 0. The number of halogens is 2. The molecule has 1 fully saturated rings. The van der Waals surface area contributed by atoms with Crippen LogP contribution in [0.2, 0.25) is 5.02 Å². The van der Waals surface area contributed by atoms with Gasteiger partial charge in [-0.25, -0.2) is 4.39 Å². The summed E-state index contributed by atoms with van der Waals surface area (Å²) in [6.45, 7) is 2.29. The zero-order valence-corrected chi connectivity index (χ0v) is 13.8. The Morgan fingerprint density at radius 2 is 2.08 bits per heavy atom. The first-order valence-electron chi connectivity index (χ1n) is 7.68. The summed E-state index contributed by atoms with van der Waals surface area (Å²) in [5.41, 5.74) is 6.99. The van der Waals surface area contributed by atoms with Gasteiger partial charge in [-0.3, -0.25) is 9.69 Å². The average Bonchev–Trinajstić information content (AvgIpc) is 2.49. The fourth-order valence-corrected chi connectivity index (χ4v) is 2.89. The summed E-state index contributed by atoms with van der Waals surface area (Å²) in [6.07, 6.45) is 0. The van der Waals surface area contributed by atoms with Gasteiger partial charge in [-0.2, -0.15) is 0 Å². The van der Waals surface area contributed by atoms with Crippen molar-refractivity contribution in [3.63, 3.8) is 0 Å². The minimum atomic E-state index is -0.284. The fraction of sp³-hybridized carbons (Fsp3) is 0.278. The van der Waals surface area contributed by atoms with Crippen LogP contribution in [0.4, 0.5) is 4.39 Å². The maximum atomic E-state index is 13.1. The SMILES string of the molecule is NC(=O)C1CN(Cc2ccc(OCc3cccc(F)c3)cc2Cl)C1. The lowest BCUT2D eigenvalue weighted by Crippen LogP contribution is -2.51. The standard InChI is InChI=1S/C18H18ClFN2O2/c19-17-7-16(24-11-12-2-1-3-15(20)6-12)5-4-13(17)8-22-9-14(10-22)18(21)23/h1-7,14H,8-11H2,(H2,21,23). The summed E-state index contributed by atoms with van der Waals surface area (Å²) in [5.74, 6) is 0.0380. The van der Waals surface area contributed by atoms with Crippen LogP contribution < -0.4 is 10.5 Å². The Morgan fingerprint density at radius 1 is 1.29 bits per heavy atom. The molecule has 1 heterocycles. The summed E-state index contributed by atoms with van der Waals surface area (Å²) >= 11 is 6.30. The van der Waals surface area contributed by atoms with Crippen molar-refractivity contribution >= 4 is 17.5 Å². The number of hydrogen-bond acceptors (Lipinski definition) is 3. The molecule has 2 N–H and O–H groups in total. The predicted octanol–water partition coefficient (Wildman–Crippen LogP) is 2.98. The molecule has 3 rings (SSSR count). The van der Waals surface area contributed by atoms with Gasteiger partial charge in [0.2, 0.25) is 5.91 Å². The quantitative estimate of drug-likeness (QED) is 0.873. The van der Waals surface area contributed by atoms with Crippen molar-refractivity contribution in [1.29, 1.82) is 0 Å². The maximum absolute atomic E-state index is 13.1. The number of carbonyl (C=O) groups is 1. The summed E-state index contributed by atoms with van der Waals surface area (Å²) < 4.78 is 18.8. The van der Waals surface area contributed by atoms with Crippen LogP contribution in [0.3, 0.4) is 0 Å². The number of primary amides is 1. The van der Waals surface area contributed by atoms with E-state index in [-0.39, 0.29) is 24.2 Å². The number of ether oxygens (including phenoxy) is 1. The van der Waals surface area contributed by atoms with Crippen LogP contribution >= 0.6 is 11.6 Å². The molecular formula is C18H18ClFN2O2. The Hall–Kier alpha value is -2.11. The molecule has 0 bridgehead atoms. The van der Waals surface area contributed by atoms with Crippen molar-refractivity contribution in [3.8, 4) is 5.75 Å². The molecule has 1 aliphatic heterocycles. The number of nitrogens with zero attached hydrogens (tertiary/aromatic N) is 1. The first-order chi connectivity index (χ1) is 11.5. The molecular weight excluding hydrogens is 331 g/mol. The van der Waals surface area contributed by atoms with Crippen LogP contribution in [-0.2, 0) is 17.9 Å². The Balaban J connectivity index is 1.56. The van der Waals surface area contributed by atoms with Crippen LogP contribution in [0.1, 0.15) is 11.1 Å². The van der Waals surface area contributed by atoms with E-state index >= 15 is 0 Å². The van der Waals surface area contributed by atoms with E-state index in [4.69, 9.17) is 22.1 Å². The second-order valence-electron chi connectivity index (χ2n) is 5.97. The van der Waals surface area contributed by atoms with Gasteiger partial charge in [-0.15, -0.1) is 0 Å². The number of likely N-dealkylation sites (tertiary alicyclic amines) is 1. The Bertz CT molecular complexity index is 748. The fourth-order valence-electron chi connectivity index (χ4n) is 2.66. The lowest BCUT2D eigenvalue weighted by atomic mass is 9.99. The first-order valence-corrected chi connectivity index (χ1v) is 8.06. The molecule has 0 atom stereocenters. The van der Waals surface area contributed by atoms with Gasteiger partial charge in [0.1, 0.15) is 18.2 Å². The van der Waals surface area contributed by atoms with E-state index in [0.717, 1.165) is 11.1 Å². The third-order valence-corrected chi connectivity index (χ3v) is 4.42. The number of amides is 1. The second-order valence-corrected chi connectivity index (χ2v) is 6.37. The molecule has 2 aromatic rings. The third kappa shape index (κ3) is 4.04. The molecule has 0 unspecified atom stereocenters. The van der Waals surface area contributed by atoms with Gasteiger partial charge in [-0.05, 0) is 35.4 Å². The van der Waals surface area contributed by atoms with Crippen LogP contribution in [0, 0.1) is 11.7 Å². The third-order valence-electron chi connectivity index (χ3n) is 4.07. The molecule has 1 saturated heterocycles. The number of hydrogen-bond donors (Lipinski definition) is 1. The molecule has 0 saturated carbocycles. The number of benzene rings is 2. The highest BCUT2D eigenvalue weighted by atomic mass is 35.5. The highest BCUT2D eigenvalue weighted by Crippen LogP contribution is 2.27. The normalized spacial score (nSPS) is 15.1. The molecule has 0 aliphatic carbocycles. The Labute approximate surface area is 145 Å². The van der Waals surface area contributed by atoms with E-state index in [1.54, 1.807) is 18.2 Å². The monoisotopic (exact) mass is 348 g/mol. The molecule has 0 spiro atoms. The van der Waals surface area contributed by atoms with E-state index in [2.05, 4.69) is 4.90 Å². The van der Waals surface area contributed by atoms with Crippen molar-refractivity contribution in [2.45, 2.75) is 13.2 Å². The number of carbonyl (C=O) groups excluding carboxylic acids is 1. The maximum Gasteiger partial charge on any atom is 0.223 e. The lowest BCUT2D eigenvalue weighted by molar-refractivity contribution is -0.127. The van der Waals surface area contributed by atoms with E-state index in [9.17, 15) is 9.18 Å². The molecule has 1 aliphatic rings. The van der Waals surface area contributed by atoms with E-state index in [1.807, 2.05) is 12.1 Å². The smallest absolute Gasteiger partial charge is 0.223 e. The summed E-state index contributed by atoms with van der Waals surface area (Å²) in [4.78, 5) is 13.1. The largest absolute Gasteiger partial charge is 0.489 e. The van der Waals surface area contributed by atoms with Gasteiger partial charge in [0.25, 0.3) is 0 Å². The predicted molar refractivity (Wildman–Crippen MR) is 90.1 cm³/mol. The van der Waals surface area contributed by atoms with Gasteiger partial charge in [0.05, 0.1) is 5.92 Å². The minimum Gasteiger partial charge on any atom is -0.489 e. The van der Waals surface area contributed by atoms with E-state index in [0.29, 0.717) is 30.4 Å². The lowest BCUT2D eigenvalue weighted by Gasteiger charge is -2.37. The van der Waals surface area contributed by atoms with E-state index in [1.165, 1.54) is 12.1 Å². The Morgan fingerprint density at radius 3 is 2.75 bits per heavy atom. The van der Waals surface area contributed by atoms with Crippen molar-refractivity contribution in [2.75, 3.05) is 13.1 Å². The van der Waals surface area contributed by atoms with Crippen LogP contribution in [0.15, 0.2) is 42.5 Å². The molecule has 0 aromatic heterocycles. The summed E-state index contributed by atoms with van der Waals surface area (Å²) in [5, 5.41) is 0.606. The van der Waals surface area contributed by atoms with Crippen LogP contribution in [0.5, 0.6) is 5.75 Å². The van der Waals surface area contributed by atoms with Crippen molar-refractivity contribution in [2.24, 2.45) is 11.7 Å². The van der Waals surface area contributed by atoms with E-state index < -0.39 is 0 Å². The van der Waals surface area contributed by atoms with Crippen molar-refractivity contribution < 1.29 is 13.9 Å². The highest BCUT2D eigenvalue weighted by Gasteiger charge is 2.31. The number of nitrogens with two attached hydrogens (primary N) is 1. The summed E-state index contributed by atoms with van der Waals surface area (Å²) in [6, 6.07) is 11.8. The molecule has 126 valence electrons. The van der Waals surface area contributed by atoms with Crippen molar-refractivity contribution in [3.05, 3.63) is 64.4 Å². The zero-order chi connectivity index (χ0) is 17.1. The second kappa shape index (κ2) is 7.20. The van der Waals surface area contributed by atoms with Gasteiger partial charge in [-0.1, -0.05) is 29.8 Å². The first kappa shape index (κ1) is 16.7. The minimum absolute atomic E-state index is 0.0577. The molecule has 2 aromatic carbocycles. The average molecular weight is 349 g/mol. The van der Waals surface area contributed by atoms with Gasteiger partial charge in [0.15, 0.2) is 0 Å². The molecule has 0 radical (unpaired) electrons. The van der Waals surface area contributed by atoms with Crippen LogP contribution in [0.25, 0.3) is 0 Å². The zero-order valence-electron chi connectivity index (χ0n) is 13.0.